The van der Waals surface area contributed by atoms with Gasteiger partial charge in [0.05, 0.1) is 0 Å². The average Bonchev–Trinajstić information content (AvgIpc) is 2.12. The molecule has 46 valence electrons. The maximum Gasteiger partial charge on any atom is 0.316 e. The Labute approximate surface area is 50.2 Å². The number of hydrogen-bond acceptors (Lipinski definition) is 1. The summed E-state index contributed by atoms with van der Waals surface area (Å²) in [5.74, 6) is 0. The molecule has 0 N–H and O–H groups in total. The average molecular weight is 113 g/mol. The van der Waals surface area contributed by atoms with E-state index in [9.17, 15) is 0 Å². The van der Waals surface area contributed by atoms with Crippen molar-refractivity contribution in [3.05, 3.63) is 0 Å². The predicted molar refractivity (Wildman–Crippen MR) is 31.9 cm³/mol. The van der Waals surface area contributed by atoms with Crippen molar-refractivity contribution < 1.29 is 4.70 Å². The molecule has 0 aromatic carbocycles. The minimum absolute atomic E-state index is 0.417. The van der Waals surface area contributed by atoms with Crippen LogP contribution in [0.15, 0.2) is 5.11 Å². The zero-order valence-electron chi connectivity index (χ0n) is 5.81. The van der Waals surface area contributed by atoms with Crippen molar-refractivity contribution >= 4 is 0 Å². The first kappa shape index (κ1) is 5.73. The molecule has 1 aliphatic rings. The Morgan fingerprint density at radius 2 is 2.00 bits per heavy atom. The maximum atomic E-state index is 4.02. The van der Waals surface area contributed by atoms with E-state index in [1.165, 1.54) is 0 Å². The molecule has 8 heavy (non-hydrogen) atoms. The Morgan fingerprint density at radius 1 is 1.50 bits per heavy atom. The topological polar surface area (TPSA) is 15.4 Å². The second-order valence-electron chi connectivity index (χ2n) is 3.51. The molecule has 1 heterocycles. The van der Waals surface area contributed by atoms with Gasteiger partial charge in [-0.3, -0.25) is 0 Å². The molecular weight excluding hydrogens is 100 g/mol. The van der Waals surface area contributed by atoms with Gasteiger partial charge in [-0.05, 0) is 0 Å². The highest BCUT2D eigenvalue weighted by atomic mass is 15.5. The van der Waals surface area contributed by atoms with E-state index in [4.69, 9.17) is 0 Å². The fourth-order valence-corrected chi connectivity index (χ4v) is 0.692. The number of hydrogen-bond donors (Lipinski definition) is 0. The van der Waals surface area contributed by atoms with Gasteiger partial charge in [-0.2, -0.15) is 0 Å². The predicted octanol–water partition coefficient (Wildman–Crippen LogP) is 1.47. The summed E-state index contributed by atoms with van der Waals surface area (Å²) >= 11 is 0. The van der Waals surface area contributed by atoms with Crippen LogP contribution in [0.2, 0.25) is 0 Å². The van der Waals surface area contributed by atoms with Crippen LogP contribution in [0.1, 0.15) is 20.8 Å². The molecule has 2 heteroatoms. The minimum atomic E-state index is 0.417. The molecule has 0 aliphatic carbocycles. The van der Waals surface area contributed by atoms with Crippen molar-refractivity contribution in [1.82, 2.24) is 0 Å². The maximum absolute atomic E-state index is 4.02. The van der Waals surface area contributed by atoms with E-state index >= 15 is 0 Å². The van der Waals surface area contributed by atoms with Crippen LogP contribution in [0.4, 0.5) is 0 Å². The molecule has 1 aliphatic heterocycles. The standard InChI is InChI=1S/C6H13N2/c1-6(2,3)4-8-5-7-8/h4-5H2,1-3H3/q+1. The fraction of sp³-hybridized carbons (Fsp3) is 1.00. The van der Waals surface area contributed by atoms with Crippen LogP contribution >= 0.6 is 0 Å². The summed E-state index contributed by atoms with van der Waals surface area (Å²) in [4.78, 5) is 0. The molecule has 0 saturated carbocycles. The molecule has 0 aromatic heterocycles. The van der Waals surface area contributed by atoms with Crippen LogP contribution in [0, 0.1) is 5.41 Å². The summed E-state index contributed by atoms with van der Waals surface area (Å²) in [5, 5.41) is 4.02. The summed E-state index contributed by atoms with van der Waals surface area (Å²) < 4.78 is 2.08. The van der Waals surface area contributed by atoms with Crippen molar-refractivity contribution in [3.8, 4) is 0 Å². The van der Waals surface area contributed by atoms with Crippen LogP contribution in [0.3, 0.4) is 0 Å². The molecule has 0 bridgehead atoms. The van der Waals surface area contributed by atoms with Crippen LogP contribution in [0.25, 0.3) is 0 Å². The smallest absolute Gasteiger partial charge is 0.0938 e. The van der Waals surface area contributed by atoms with E-state index in [0.717, 1.165) is 13.2 Å². The molecule has 0 unspecified atom stereocenters. The summed E-state index contributed by atoms with van der Waals surface area (Å²) in [7, 11) is 0. The van der Waals surface area contributed by atoms with Crippen LogP contribution in [-0.2, 0) is 0 Å². The molecule has 2 nitrogen and oxygen atoms in total. The third-order valence-corrected chi connectivity index (χ3v) is 0.998. The summed E-state index contributed by atoms with van der Waals surface area (Å²) in [6.07, 6.45) is 0. The van der Waals surface area contributed by atoms with Crippen molar-refractivity contribution in [2.45, 2.75) is 20.8 Å². The first-order chi connectivity index (χ1) is 3.58. The number of azo groups is 1. The van der Waals surface area contributed by atoms with Crippen LogP contribution in [-0.4, -0.2) is 17.9 Å². The van der Waals surface area contributed by atoms with Crippen molar-refractivity contribution in [3.63, 3.8) is 0 Å². The molecule has 0 radical (unpaired) electrons. The van der Waals surface area contributed by atoms with E-state index in [1.807, 2.05) is 0 Å². The van der Waals surface area contributed by atoms with Gasteiger partial charge in [0.1, 0.15) is 0 Å². The number of rotatable bonds is 1. The lowest BCUT2D eigenvalue weighted by atomic mass is 9.97. The zero-order chi connectivity index (χ0) is 6.20. The second-order valence-corrected chi connectivity index (χ2v) is 3.51. The summed E-state index contributed by atoms with van der Waals surface area (Å²) in [6, 6.07) is 0. The van der Waals surface area contributed by atoms with Crippen molar-refractivity contribution in [2.24, 2.45) is 10.5 Å². The molecule has 0 spiro atoms. The Kier molecular flexibility index (Phi) is 1.10. The van der Waals surface area contributed by atoms with Crippen molar-refractivity contribution in [2.75, 3.05) is 13.2 Å². The fourth-order valence-electron chi connectivity index (χ4n) is 0.692. The number of nitrogens with zero attached hydrogens (tertiary/aromatic N) is 2. The van der Waals surface area contributed by atoms with Gasteiger partial charge >= 0.3 is 6.67 Å². The first-order valence-corrected chi connectivity index (χ1v) is 3.00. The van der Waals surface area contributed by atoms with Gasteiger partial charge in [0.25, 0.3) is 0 Å². The quantitative estimate of drug-likeness (QED) is 0.457. The molecule has 1 rings (SSSR count). The van der Waals surface area contributed by atoms with Gasteiger partial charge in [0, 0.05) is 10.5 Å². The van der Waals surface area contributed by atoms with Crippen LogP contribution in [0.5, 0.6) is 0 Å². The highest BCUT2D eigenvalue weighted by Gasteiger charge is 2.27. The van der Waals surface area contributed by atoms with E-state index in [1.54, 1.807) is 0 Å². The van der Waals surface area contributed by atoms with Gasteiger partial charge in [-0.25, -0.2) is 0 Å². The lowest BCUT2D eigenvalue weighted by molar-refractivity contribution is -0.479. The lowest BCUT2D eigenvalue weighted by Crippen LogP contribution is -2.15. The third kappa shape index (κ3) is 2.05. The Bertz CT molecular complexity index is 119. The van der Waals surface area contributed by atoms with E-state index < -0.39 is 0 Å². The Hall–Kier alpha value is -0.400. The van der Waals surface area contributed by atoms with Crippen LogP contribution < -0.4 is 0 Å². The van der Waals surface area contributed by atoms with Gasteiger partial charge in [0.2, 0.25) is 0 Å². The molecule has 0 amide bonds. The van der Waals surface area contributed by atoms with Gasteiger partial charge in [-0.15, -0.1) is 0 Å². The van der Waals surface area contributed by atoms with Gasteiger partial charge in [0.15, 0.2) is 6.54 Å². The Morgan fingerprint density at radius 3 is 2.12 bits per heavy atom. The highest BCUT2D eigenvalue weighted by molar-refractivity contribution is 4.57. The molecule has 0 saturated heterocycles. The lowest BCUT2D eigenvalue weighted by Gasteiger charge is -2.08. The van der Waals surface area contributed by atoms with Crippen molar-refractivity contribution in [1.29, 1.82) is 0 Å². The molecular formula is C6H13N2+. The second kappa shape index (κ2) is 1.54. The molecule has 0 atom stereocenters. The van der Waals surface area contributed by atoms with E-state index in [2.05, 4.69) is 30.6 Å². The largest absolute Gasteiger partial charge is 0.316 e. The normalized spacial score (nSPS) is 18.1. The zero-order valence-corrected chi connectivity index (χ0v) is 5.81. The summed E-state index contributed by atoms with van der Waals surface area (Å²) in [6.45, 7) is 8.73. The molecule has 0 aromatic rings. The summed E-state index contributed by atoms with van der Waals surface area (Å²) in [5.41, 5.74) is 0.417. The first-order valence-electron chi connectivity index (χ1n) is 3.00. The van der Waals surface area contributed by atoms with Gasteiger partial charge < -0.3 is 0 Å². The molecule has 0 fully saturated rings. The van der Waals surface area contributed by atoms with E-state index in [-0.39, 0.29) is 0 Å². The Balaban J connectivity index is 2.27. The van der Waals surface area contributed by atoms with Gasteiger partial charge in [-0.1, -0.05) is 25.5 Å². The highest BCUT2D eigenvalue weighted by Crippen LogP contribution is 2.15. The monoisotopic (exact) mass is 113 g/mol. The SMILES string of the molecule is CC(C)(C)C[N+]1=NC1. The minimum Gasteiger partial charge on any atom is -0.0938 e. The third-order valence-electron chi connectivity index (χ3n) is 0.998. The van der Waals surface area contributed by atoms with E-state index in [0.29, 0.717) is 5.41 Å².